The third kappa shape index (κ3) is 209. The van der Waals surface area contributed by atoms with E-state index in [1.165, 1.54) is 0 Å². The molecule has 9 heavy (non-hydrogen) atoms. The second-order valence-corrected chi connectivity index (χ2v) is 1.96. The zero-order chi connectivity index (χ0) is 7.15. The van der Waals surface area contributed by atoms with Crippen molar-refractivity contribution in [2.24, 2.45) is 0 Å². The van der Waals surface area contributed by atoms with E-state index in [-0.39, 0.29) is 27.3 Å². The SMILES string of the molecule is [O-][Br+2]([O-])[O-].[O-][Br+2]([O-])[O-].[Pb+2]. The number of hydrogen-bond donors (Lipinski definition) is 0. The van der Waals surface area contributed by atoms with Gasteiger partial charge in [-0.05, 0) is 0 Å². The smallest absolute Gasteiger partial charge is 0.405 e. The average Bonchev–Trinajstić information content (AvgIpc) is 1.25. The maximum absolute atomic E-state index is 8.52. The first-order chi connectivity index (χ1) is 3.46. The van der Waals surface area contributed by atoms with Gasteiger partial charge in [0.15, 0.2) is 0 Å². The fraction of sp³-hybridized carbons (Fsp3) is 0. The van der Waals surface area contributed by atoms with Crippen molar-refractivity contribution >= 4 is 27.3 Å². The molecule has 0 spiro atoms. The minimum Gasteiger partial charge on any atom is -0.405 e. The molecule has 0 aromatic carbocycles. The van der Waals surface area contributed by atoms with Gasteiger partial charge in [-0.25, -0.2) is 0 Å². The molecule has 0 amide bonds. The molecule has 0 aliphatic rings. The molecule has 0 aromatic heterocycles. The maximum atomic E-state index is 8.52. The summed E-state index contributed by atoms with van der Waals surface area (Å²) in [6, 6.07) is 0. The number of rotatable bonds is 0. The summed E-state index contributed by atoms with van der Waals surface area (Å²) in [4.78, 5) is 0. The summed E-state index contributed by atoms with van der Waals surface area (Å²) < 4.78 is 51.1. The zero-order valence-corrected chi connectivity index (χ0v) is 10.8. The summed E-state index contributed by atoms with van der Waals surface area (Å²) >= 11 is -7.29. The fourth-order valence-electron chi connectivity index (χ4n) is 0. The minimum absolute atomic E-state index is 0. The van der Waals surface area contributed by atoms with Crippen molar-refractivity contribution in [1.29, 1.82) is 0 Å². The molecule has 9 heteroatoms. The standard InChI is InChI=1S/2BrO3.Pb/c2*2-1(3)4;/q2*-1;+2. The summed E-state index contributed by atoms with van der Waals surface area (Å²) in [6.45, 7) is 0. The van der Waals surface area contributed by atoms with E-state index in [0.717, 1.165) is 0 Å². The molecule has 0 fully saturated rings. The van der Waals surface area contributed by atoms with Gasteiger partial charge in [-0.15, -0.1) is 0 Å². The van der Waals surface area contributed by atoms with E-state index in [9.17, 15) is 0 Å². The summed E-state index contributed by atoms with van der Waals surface area (Å²) in [7, 11) is 0. The van der Waals surface area contributed by atoms with E-state index < -0.39 is 29.6 Å². The van der Waals surface area contributed by atoms with Crippen LogP contribution < -0.4 is 25.2 Å². The Hall–Kier alpha value is 1.64. The minimum atomic E-state index is -3.65. The molecule has 0 rings (SSSR count). The summed E-state index contributed by atoms with van der Waals surface area (Å²) in [6.07, 6.45) is 0. The number of hydrogen-bond acceptors (Lipinski definition) is 6. The molecule has 0 N–H and O–H groups in total. The monoisotopic (exact) mass is 462 g/mol. The van der Waals surface area contributed by atoms with Crippen LogP contribution in [0.15, 0.2) is 0 Å². The second-order valence-electron chi connectivity index (χ2n) is 0.378. The van der Waals surface area contributed by atoms with Crippen LogP contribution in [-0.4, -0.2) is 27.3 Å². The Bertz CT molecular complexity index is 26.5. The largest absolute Gasteiger partial charge is 2.00 e. The van der Waals surface area contributed by atoms with Crippen molar-refractivity contribution in [3.05, 3.63) is 0 Å². The Morgan fingerprint density at radius 2 is 0.556 bits per heavy atom. The predicted octanol–water partition coefficient (Wildman–Crippen LogP) is -7.51. The molecular weight excluding hydrogens is 463 g/mol. The first-order valence-corrected chi connectivity index (χ1v) is 4.81. The topological polar surface area (TPSA) is 138 Å². The van der Waals surface area contributed by atoms with Crippen molar-refractivity contribution < 1.29 is 54.8 Å². The van der Waals surface area contributed by atoms with E-state index in [1.54, 1.807) is 0 Å². The molecule has 0 saturated carbocycles. The Morgan fingerprint density at radius 3 is 0.556 bits per heavy atom. The molecule has 54 valence electrons. The molecule has 2 radical (unpaired) electrons. The van der Waals surface area contributed by atoms with Crippen molar-refractivity contribution in [3.63, 3.8) is 0 Å². The van der Waals surface area contributed by atoms with Crippen LogP contribution >= 0.6 is 0 Å². The van der Waals surface area contributed by atoms with Gasteiger partial charge in [0.1, 0.15) is 0 Å². The second kappa shape index (κ2) is 12.3. The Labute approximate surface area is 81.6 Å². The zero-order valence-electron chi connectivity index (χ0n) is 3.71. The van der Waals surface area contributed by atoms with Gasteiger partial charge >= 0.3 is 27.3 Å². The van der Waals surface area contributed by atoms with Crippen LogP contribution in [0.2, 0.25) is 0 Å². The molecule has 0 atom stereocenters. The normalized spacial score (nSPS) is 8.00. The van der Waals surface area contributed by atoms with Crippen molar-refractivity contribution in [3.8, 4) is 0 Å². The van der Waals surface area contributed by atoms with Gasteiger partial charge in [-0.3, -0.25) is 0 Å². The first-order valence-electron chi connectivity index (χ1n) is 0.926. The molecule has 0 aliphatic carbocycles. The molecule has 0 unspecified atom stereocenters. The van der Waals surface area contributed by atoms with Crippen LogP contribution in [0, 0.1) is 29.6 Å². The van der Waals surface area contributed by atoms with Crippen molar-refractivity contribution in [2.75, 3.05) is 0 Å². The Kier molecular flexibility index (Phi) is 23.2. The quantitative estimate of drug-likeness (QED) is 0.328. The van der Waals surface area contributed by atoms with E-state index >= 15 is 0 Å². The van der Waals surface area contributed by atoms with Gasteiger partial charge in [0, 0.05) is 0 Å². The molecule has 0 aliphatic heterocycles. The van der Waals surface area contributed by atoms with Crippen molar-refractivity contribution in [1.82, 2.24) is 0 Å². The van der Waals surface area contributed by atoms with E-state index in [2.05, 4.69) is 0 Å². The van der Waals surface area contributed by atoms with Crippen LogP contribution in [0.5, 0.6) is 0 Å². The van der Waals surface area contributed by atoms with E-state index in [0.29, 0.717) is 0 Å². The summed E-state index contributed by atoms with van der Waals surface area (Å²) in [5.74, 6) is 0. The fourth-order valence-corrected chi connectivity index (χ4v) is 0. The van der Waals surface area contributed by atoms with E-state index in [1.807, 2.05) is 0 Å². The van der Waals surface area contributed by atoms with Crippen LogP contribution in [0.25, 0.3) is 0 Å². The Balaban J connectivity index is -0.0000000720. The molecule has 0 aromatic rings. The number of halogens is 2. The van der Waals surface area contributed by atoms with Gasteiger partial charge in [-0.1, -0.05) is 0 Å². The summed E-state index contributed by atoms with van der Waals surface area (Å²) in [5.41, 5.74) is 0. The molecule has 0 heterocycles. The van der Waals surface area contributed by atoms with Crippen LogP contribution in [0.1, 0.15) is 0 Å². The van der Waals surface area contributed by atoms with Crippen molar-refractivity contribution in [2.45, 2.75) is 0 Å². The maximum Gasteiger partial charge on any atom is 2.00 e. The van der Waals surface area contributed by atoms with Gasteiger partial charge in [0.2, 0.25) is 29.6 Å². The molecular formula is Br2O6Pb. The van der Waals surface area contributed by atoms with Crippen LogP contribution in [-0.2, 0) is 0 Å². The third-order valence-corrected chi connectivity index (χ3v) is 0. The van der Waals surface area contributed by atoms with E-state index in [4.69, 9.17) is 25.2 Å². The third-order valence-electron chi connectivity index (χ3n) is 0. The average molecular weight is 463 g/mol. The Morgan fingerprint density at radius 1 is 0.556 bits per heavy atom. The van der Waals surface area contributed by atoms with Gasteiger partial charge in [-0.2, -0.15) is 0 Å². The van der Waals surface area contributed by atoms with Crippen LogP contribution in [0.4, 0.5) is 0 Å². The van der Waals surface area contributed by atoms with Gasteiger partial charge < -0.3 is 25.2 Å². The van der Waals surface area contributed by atoms with Crippen LogP contribution in [0.3, 0.4) is 0 Å². The molecule has 0 bridgehead atoms. The van der Waals surface area contributed by atoms with Gasteiger partial charge in [0.05, 0.1) is 0 Å². The predicted molar refractivity (Wildman–Crippen MR) is 5.75 cm³/mol. The van der Waals surface area contributed by atoms with Gasteiger partial charge in [0.25, 0.3) is 0 Å². The molecule has 6 nitrogen and oxygen atoms in total. The summed E-state index contributed by atoms with van der Waals surface area (Å²) in [5, 5.41) is 0. The molecule has 0 saturated heterocycles. The first kappa shape index (κ1) is 16.9.